The predicted molar refractivity (Wildman–Crippen MR) is 67.9 cm³/mol. The first-order valence-corrected chi connectivity index (χ1v) is 6.33. The SMILES string of the molecule is Cc1cc(C#N)nc(NCC2CCCC2CO)n1. The number of nitrogens with one attached hydrogen (secondary N) is 1. The molecule has 0 aliphatic heterocycles. The zero-order chi connectivity index (χ0) is 13.0. The van der Waals surface area contributed by atoms with Crippen molar-refractivity contribution in [2.45, 2.75) is 26.2 Å². The number of aryl methyl sites for hydroxylation is 1. The van der Waals surface area contributed by atoms with E-state index in [2.05, 4.69) is 15.3 Å². The third kappa shape index (κ3) is 2.96. The number of hydrogen-bond donors (Lipinski definition) is 2. The van der Waals surface area contributed by atoms with Gasteiger partial charge in [-0.3, -0.25) is 0 Å². The summed E-state index contributed by atoms with van der Waals surface area (Å²) in [5, 5.41) is 21.3. The van der Waals surface area contributed by atoms with Crippen molar-refractivity contribution in [3.8, 4) is 6.07 Å². The number of aliphatic hydroxyl groups excluding tert-OH is 1. The van der Waals surface area contributed by atoms with Crippen LogP contribution in [0.2, 0.25) is 0 Å². The van der Waals surface area contributed by atoms with Crippen molar-refractivity contribution in [2.75, 3.05) is 18.5 Å². The lowest BCUT2D eigenvalue weighted by Gasteiger charge is -2.17. The van der Waals surface area contributed by atoms with Crippen molar-refractivity contribution in [2.24, 2.45) is 11.8 Å². The van der Waals surface area contributed by atoms with Crippen LogP contribution in [0.25, 0.3) is 0 Å². The highest BCUT2D eigenvalue weighted by Gasteiger charge is 2.26. The topological polar surface area (TPSA) is 81.8 Å². The van der Waals surface area contributed by atoms with Crippen LogP contribution in [0.3, 0.4) is 0 Å². The standard InChI is InChI=1S/C13H18N4O/c1-9-5-12(6-14)17-13(16-9)15-7-10-3-2-4-11(10)8-18/h5,10-11,18H,2-4,7-8H2,1H3,(H,15,16,17). The summed E-state index contributed by atoms with van der Waals surface area (Å²) in [7, 11) is 0. The van der Waals surface area contributed by atoms with Gasteiger partial charge in [0, 0.05) is 18.8 Å². The molecule has 2 N–H and O–H groups in total. The molecule has 1 heterocycles. The molecule has 5 nitrogen and oxygen atoms in total. The first-order chi connectivity index (χ1) is 8.72. The van der Waals surface area contributed by atoms with E-state index in [-0.39, 0.29) is 6.61 Å². The first kappa shape index (κ1) is 12.8. The van der Waals surface area contributed by atoms with Crippen molar-refractivity contribution in [3.05, 3.63) is 17.5 Å². The number of anilines is 1. The molecule has 18 heavy (non-hydrogen) atoms. The lowest BCUT2D eigenvalue weighted by molar-refractivity contribution is 0.199. The minimum atomic E-state index is 0.254. The van der Waals surface area contributed by atoms with E-state index in [4.69, 9.17) is 5.26 Å². The smallest absolute Gasteiger partial charge is 0.224 e. The van der Waals surface area contributed by atoms with Gasteiger partial charge >= 0.3 is 0 Å². The molecule has 0 saturated heterocycles. The van der Waals surface area contributed by atoms with Gasteiger partial charge in [0.1, 0.15) is 11.8 Å². The Morgan fingerprint density at radius 2 is 2.22 bits per heavy atom. The minimum absolute atomic E-state index is 0.254. The summed E-state index contributed by atoms with van der Waals surface area (Å²) in [6, 6.07) is 3.69. The molecule has 1 fully saturated rings. The average Bonchev–Trinajstić information content (AvgIpc) is 2.83. The Morgan fingerprint density at radius 1 is 1.44 bits per heavy atom. The highest BCUT2D eigenvalue weighted by atomic mass is 16.3. The highest BCUT2D eigenvalue weighted by molar-refractivity contribution is 5.33. The van der Waals surface area contributed by atoms with Gasteiger partial charge in [-0.15, -0.1) is 0 Å². The molecule has 1 aliphatic carbocycles. The highest BCUT2D eigenvalue weighted by Crippen LogP contribution is 2.31. The van der Waals surface area contributed by atoms with Crippen LogP contribution in [-0.2, 0) is 0 Å². The second kappa shape index (κ2) is 5.78. The van der Waals surface area contributed by atoms with Crippen LogP contribution in [0.5, 0.6) is 0 Å². The second-order valence-corrected chi connectivity index (χ2v) is 4.84. The Kier molecular flexibility index (Phi) is 4.11. The van der Waals surface area contributed by atoms with Crippen molar-refractivity contribution < 1.29 is 5.11 Å². The third-order valence-electron chi connectivity index (χ3n) is 3.54. The van der Waals surface area contributed by atoms with E-state index in [0.29, 0.717) is 23.5 Å². The molecule has 1 aromatic rings. The molecule has 0 aromatic carbocycles. The van der Waals surface area contributed by atoms with Crippen molar-refractivity contribution in [1.82, 2.24) is 9.97 Å². The minimum Gasteiger partial charge on any atom is -0.396 e. The third-order valence-corrected chi connectivity index (χ3v) is 3.54. The van der Waals surface area contributed by atoms with E-state index in [1.807, 2.05) is 13.0 Å². The van der Waals surface area contributed by atoms with E-state index in [0.717, 1.165) is 25.1 Å². The lowest BCUT2D eigenvalue weighted by Crippen LogP contribution is -2.21. The molecule has 96 valence electrons. The Balaban J connectivity index is 1.98. The summed E-state index contributed by atoms with van der Waals surface area (Å²) in [5.74, 6) is 1.37. The molecule has 2 rings (SSSR count). The van der Waals surface area contributed by atoms with Crippen molar-refractivity contribution in [3.63, 3.8) is 0 Å². The molecule has 1 saturated carbocycles. The maximum atomic E-state index is 9.26. The zero-order valence-electron chi connectivity index (χ0n) is 10.6. The summed E-state index contributed by atoms with van der Waals surface area (Å²) in [6.45, 7) is 2.86. The van der Waals surface area contributed by atoms with Gasteiger partial charge in [0.2, 0.25) is 5.95 Å². The quantitative estimate of drug-likeness (QED) is 0.840. The molecule has 5 heteroatoms. The van der Waals surface area contributed by atoms with Crippen molar-refractivity contribution >= 4 is 5.95 Å². The molecule has 1 aromatic heterocycles. The van der Waals surface area contributed by atoms with E-state index in [1.165, 1.54) is 6.42 Å². The predicted octanol–water partition coefficient (Wildman–Crippen LogP) is 1.48. The van der Waals surface area contributed by atoms with Crippen LogP contribution in [0.15, 0.2) is 6.07 Å². The fraction of sp³-hybridized carbons (Fsp3) is 0.615. The van der Waals surface area contributed by atoms with E-state index < -0.39 is 0 Å². The molecule has 0 radical (unpaired) electrons. The number of rotatable bonds is 4. The number of aliphatic hydroxyl groups is 1. The summed E-state index contributed by atoms with van der Waals surface area (Å²) in [5.41, 5.74) is 1.17. The Hall–Kier alpha value is -1.67. The van der Waals surface area contributed by atoms with Crippen LogP contribution >= 0.6 is 0 Å². The Morgan fingerprint density at radius 3 is 2.94 bits per heavy atom. The molecule has 0 bridgehead atoms. The second-order valence-electron chi connectivity index (χ2n) is 4.84. The van der Waals surface area contributed by atoms with Crippen LogP contribution in [0.4, 0.5) is 5.95 Å². The molecular formula is C13H18N4O. The van der Waals surface area contributed by atoms with Crippen LogP contribution in [0, 0.1) is 30.1 Å². The van der Waals surface area contributed by atoms with Gasteiger partial charge in [-0.1, -0.05) is 6.42 Å². The molecule has 0 amide bonds. The first-order valence-electron chi connectivity index (χ1n) is 6.33. The summed E-state index contributed by atoms with van der Waals surface area (Å²) in [6.07, 6.45) is 3.41. The fourth-order valence-corrected chi connectivity index (χ4v) is 2.55. The van der Waals surface area contributed by atoms with Gasteiger partial charge in [-0.2, -0.15) is 5.26 Å². The lowest BCUT2D eigenvalue weighted by atomic mass is 9.97. The number of nitriles is 1. The average molecular weight is 246 g/mol. The molecule has 2 atom stereocenters. The fourth-order valence-electron chi connectivity index (χ4n) is 2.55. The van der Waals surface area contributed by atoms with Crippen LogP contribution < -0.4 is 5.32 Å². The van der Waals surface area contributed by atoms with E-state index in [9.17, 15) is 5.11 Å². The number of nitrogens with zero attached hydrogens (tertiary/aromatic N) is 3. The van der Waals surface area contributed by atoms with Gasteiger partial charge in [0.25, 0.3) is 0 Å². The van der Waals surface area contributed by atoms with Gasteiger partial charge in [-0.25, -0.2) is 9.97 Å². The normalized spacial score (nSPS) is 22.7. The molecule has 2 unspecified atom stereocenters. The molecule has 0 spiro atoms. The summed E-state index contributed by atoms with van der Waals surface area (Å²) < 4.78 is 0. The Bertz CT molecular complexity index is 455. The maximum Gasteiger partial charge on any atom is 0.224 e. The summed E-state index contributed by atoms with van der Waals surface area (Å²) >= 11 is 0. The van der Waals surface area contributed by atoms with E-state index in [1.54, 1.807) is 6.07 Å². The number of aromatic nitrogens is 2. The molecule has 1 aliphatic rings. The van der Waals surface area contributed by atoms with Crippen molar-refractivity contribution in [1.29, 1.82) is 5.26 Å². The van der Waals surface area contributed by atoms with Gasteiger partial charge < -0.3 is 10.4 Å². The van der Waals surface area contributed by atoms with Gasteiger partial charge in [-0.05, 0) is 37.7 Å². The zero-order valence-corrected chi connectivity index (χ0v) is 10.6. The monoisotopic (exact) mass is 246 g/mol. The van der Waals surface area contributed by atoms with Crippen LogP contribution in [-0.4, -0.2) is 28.2 Å². The maximum absolute atomic E-state index is 9.26. The van der Waals surface area contributed by atoms with Crippen LogP contribution in [0.1, 0.15) is 30.7 Å². The van der Waals surface area contributed by atoms with E-state index >= 15 is 0 Å². The van der Waals surface area contributed by atoms with Gasteiger partial charge in [0.05, 0.1) is 0 Å². The number of hydrogen-bond acceptors (Lipinski definition) is 5. The van der Waals surface area contributed by atoms with Gasteiger partial charge in [0.15, 0.2) is 0 Å². The molecular weight excluding hydrogens is 228 g/mol. The summed E-state index contributed by atoms with van der Waals surface area (Å²) in [4.78, 5) is 8.38. The Labute approximate surface area is 107 Å². The largest absolute Gasteiger partial charge is 0.396 e.